The molecule has 0 saturated carbocycles. The van der Waals surface area contributed by atoms with Crippen LogP contribution >= 0.6 is 11.6 Å². The van der Waals surface area contributed by atoms with Crippen molar-refractivity contribution in [3.05, 3.63) is 29.0 Å². The molecule has 0 radical (unpaired) electrons. The van der Waals surface area contributed by atoms with Crippen LogP contribution in [0.3, 0.4) is 0 Å². The zero-order chi connectivity index (χ0) is 18.2. The summed E-state index contributed by atoms with van der Waals surface area (Å²) in [5.74, 6) is -1.55. The predicted octanol–water partition coefficient (Wildman–Crippen LogP) is 1.58. The number of sulfone groups is 1. The number of carbonyl (C=O) groups excluding carboxylic acids is 2. The molecule has 134 valence electrons. The molecule has 0 spiro atoms. The van der Waals surface area contributed by atoms with Gasteiger partial charge in [0.2, 0.25) is 5.91 Å². The van der Waals surface area contributed by atoms with Gasteiger partial charge in [0.05, 0.1) is 28.3 Å². The number of benzene rings is 1. The Morgan fingerprint density at radius 1 is 1.36 bits per heavy atom. The number of hydrazone groups is 1. The normalized spacial score (nSPS) is 22.6. The van der Waals surface area contributed by atoms with Gasteiger partial charge in [-0.05, 0) is 24.6 Å². The largest absolute Gasteiger partial charge is 0.320 e. The molecule has 1 atom stereocenters. The van der Waals surface area contributed by atoms with Gasteiger partial charge in [0.1, 0.15) is 11.5 Å². The van der Waals surface area contributed by atoms with Gasteiger partial charge < -0.3 is 5.32 Å². The number of anilines is 1. The summed E-state index contributed by atoms with van der Waals surface area (Å²) >= 11 is 5.87. The van der Waals surface area contributed by atoms with Gasteiger partial charge in [0.25, 0.3) is 5.91 Å². The first-order chi connectivity index (χ1) is 11.7. The van der Waals surface area contributed by atoms with Crippen molar-refractivity contribution in [1.29, 1.82) is 0 Å². The monoisotopic (exact) mass is 387 g/mol. The maximum atomic E-state index is 13.1. The predicted molar refractivity (Wildman–Crippen MR) is 90.6 cm³/mol. The molecular weight excluding hydrogens is 373 g/mol. The summed E-state index contributed by atoms with van der Waals surface area (Å²) in [6.45, 7) is 0. The van der Waals surface area contributed by atoms with E-state index in [1.54, 1.807) is 0 Å². The maximum Gasteiger partial charge on any atom is 0.271 e. The van der Waals surface area contributed by atoms with Gasteiger partial charge in [-0.2, -0.15) is 5.10 Å². The molecule has 1 aromatic rings. The van der Waals surface area contributed by atoms with E-state index in [-0.39, 0.29) is 46.7 Å². The fourth-order valence-electron chi connectivity index (χ4n) is 2.77. The van der Waals surface area contributed by atoms with Crippen LogP contribution in [0, 0.1) is 5.82 Å². The average Bonchev–Trinajstić information content (AvgIpc) is 2.90. The van der Waals surface area contributed by atoms with Crippen LogP contribution in [0.1, 0.15) is 19.3 Å². The van der Waals surface area contributed by atoms with Crippen molar-refractivity contribution in [1.82, 2.24) is 5.01 Å². The topological polar surface area (TPSA) is 95.9 Å². The molecule has 3 rings (SSSR count). The van der Waals surface area contributed by atoms with Gasteiger partial charge in [-0.15, -0.1) is 0 Å². The summed E-state index contributed by atoms with van der Waals surface area (Å²) in [5, 5.41) is 7.73. The number of halogens is 2. The van der Waals surface area contributed by atoms with E-state index in [0.29, 0.717) is 6.42 Å². The molecule has 0 bridgehead atoms. The standard InChI is InChI=1S/C15H15ClFN3O4S/c16-11-7-9(17)1-2-12(11)18-15(22)13-3-4-14(21)20(19-13)10-5-6-25(23,24)8-10/h1-2,7,10H,3-6,8H2,(H,18,22)/t10-/m0/s1. The fourth-order valence-corrected chi connectivity index (χ4v) is 4.68. The average molecular weight is 388 g/mol. The number of hydrogen-bond donors (Lipinski definition) is 1. The molecule has 2 amide bonds. The van der Waals surface area contributed by atoms with Gasteiger partial charge >= 0.3 is 0 Å². The van der Waals surface area contributed by atoms with E-state index in [1.165, 1.54) is 6.07 Å². The van der Waals surface area contributed by atoms with Crippen molar-refractivity contribution in [2.24, 2.45) is 5.10 Å². The molecule has 1 aromatic carbocycles. The van der Waals surface area contributed by atoms with Gasteiger partial charge in [0.15, 0.2) is 9.84 Å². The highest BCUT2D eigenvalue weighted by Crippen LogP contribution is 2.24. The highest BCUT2D eigenvalue weighted by molar-refractivity contribution is 7.91. The molecule has 2 heterocycles. The Labute approximate surface area is 148 Å². The lowest BCUT2D eigenvalue weighted by molar-refractivity contribution is -0.133. The second kappa shape index (κ2) is 6.72. The van der Waals surface area contributed by atoms with Crippen LogP contribution < -0.4 is 5.32 Å². The van der Waals surface area contributed by atoms with Crippen LogP contribution in [0.4, 0.5) is 10.1 Å². The van der Waals surface area contributed by atoms with E-state index in [1.807, 2.05) is 0 Å². The number of nitrogens with zero attached hydrogens (tertiary/aromatic N) is 2. The van der Waals surface area contributed by atoms with Crippen molar-refractivity contribution in [2.45, 2.75) is 25.3 Å². The number of carbonyl (C=O) groups is 2. The number of rotatable bonds is 3. The molecule has 0 aliphatic carbocycles. The van der Waals surface area contributed by atoms with Crippen LogP contribution in [0.25, 0.3) is 0 Å². The summed E-state index contributed by atoms with van der Waals surface area (Å²) in [5.41, 5.74) is 0.326. The smallest absolute Gasteiger partial charge is 0.271 e. The first-order valence-electron chi connectivity index (χ1n) is 7.61. The summed E-state index contributed by atoms with van der Waals surface area (Å²) < 4.78 is 36.3. The highest BCUT2D eigenvalue weighted by Gasteiger charge is 2.37. The zero-order valence-corrected chi connectivity index (χ0v) is 14.6. The molecule has 25 heavy (non-hydrogen) atoms. The summed E-state index contributed by atoms with van der Waals surface area (Å²) in [4.78, 5) is 24.4. The van der Waals surface area contributed by atoms with Gasteiger partial charge in [-0.25, -0.2) is 17.8 Å². The van der Waals surface area contributed by atoms with Crippen LogP contribution in [-0.2, 0) is 19.4 Å². The molecule has 7 nitrogen and oxygen atoms in total. The third kappa shape index (κ3) is 3.98. The highest BCUT2D eigenvalue weighted by atomic mass is 35.5. The number of nitrogens with one attached hydrogen (secondary N) is 1. The quantitative estimate of drug-likeness (QED) is 0.851. The minimum absolute atomic E-state index is 0.00365. The Hall–Kier alpha value is -2.00. The van der Waals surface area contributed by atoms with E-state index >= 15 is 0 Å². The molecule has 1 fully saturated rings. The lowest BCUT2D eigenvalue weighted by Crippen LogP contribution is -2.42. The zero-order valence-electron chi connectivity index (χ0n) is 13.0. The van der Waals surface area contributed by atoms with E-state index in [4.69, 9.17) is 11.6 Å². The minimum Gasteiger partial charge on any atom is -0.320 e. The maximum absolute atomic E-state index is 13.1. The number of hydrogen-bond acceptors (Lipinski definition) is 5. The SMILES string of the molecule is O=C(Nc1ccc(F)cc1Cl)C1=NN([C@H]2CCS(=O)(=O)C2)C(=O)CC1. The third-order valence-corrected chi connectivity index (χ3v) is 6.12. The first-order valence-corrected chi connectivity index (χ1v) is 9.81. The van der Waals surface area contributed by atoms with Crippen molar-refractivity contribution in [3.63, 3.8) is 0 Å². The van der Waals surface area contributed by atoms with E-state index in [0.717, 1.165) is 17.1 Å². The Kier molecular flexibility index (Phi) is 4.79. The lowest BCUT2D eigenvalue weighted by atomic mass is 10.1. The van der Waals surface area contributed by atoms with Gasteiger partial charge in [0, 0.05) is 12.8 Å². The van der Waals surface area contributed by atoms with Crippen molar-refractivity contribution in [2.75, 3.05) is 16.8 Å². The number of amides is 2. The van der Waals surface area contributed by atoms with Gasteiger partial charge in [-0.3, -0.25) is 9.59 Å². The Balaban J connectivity index is 1.77. The van der Waals surface area contributed by atoms with Crippen LogP contribution in [0.15, 0.2) is 23.3 Å². The van der Waals surface area contributed by atoms with Crippen LogP contribution in [0.2, 0.25) is 5.02 Å². The second-order valence-electron chi connectivity index (χ2n) is 5.92. The second-order valence-corrected chi connectivity index (χ2v) is 8.56. The summed E-state index contributed by atoms with van der Waals surface area (Å²) in [6.07, 6.45) is 0.510. The van der Waals surface area contributed by atoms with E-state index in [2.05, 4.69) is 10.4 Å². The summed E-state index contributed by atoms with van der Waals surface area (Å²) in [7, 11) is -3.18. The third-order valence-electron chi connectivity index (χ3n) is 4.06. The Bertz CT molecular complexity index is 872. The molecule has 1 N–H and O–H groups in total. The molecule has 0 aromatic heterocycles. The van der Waals surface area contributed by atoms with Crippen molar-refractivity contribution in [3.8, 4) is 0 Å². The van der Waals surface area contributed by atoms with Crippen molar-refractivity contribution < 1.29 is 22.4 Å². The molecule has 2 aliphatic rings. The Morgan fingerprint density at radius 3 is 2.76 bits per heavy atom. The molecule has 10 heteroatoms. The molecule has 1 saturated heterocycles. The fraction of sp³-hybridized carbons (Fsp3) is 0.400. The van der Waals surface area contributed by atoms with E-state index in [9.17, 15) is 22.4 Å². The van der Waals surface area contributed by atoms with Crippen LogP contribution in [-0.4, -0.2) is 48.5 Å². The minimum atomic E-state index is -3.18. The summed E-state index contributed by atoms with van der Waals surface area (Å²) in [6, 6.07) is 3.00. The van der Waals surface area contributed by atoms with Gasteiger partial charge in [-0.1, -0.05) is 11.6 Å². The van der Waals surface area contributed by atoms with Crippen molar-refractivity contribution >= 4 is 44.7 Å². The molecule has 0 unspecified atom stereocenters. The lowest BCUT2D eigenvalue weighted by Gasteiger charge is -2.27. The van der Waals surface area contributed by atoms with E-state index < -0.39 is 27.6 Å². The first kappa shape index (κ1) is 17.8. The van der Waals surface area contributed by atoms with Crippen LogP contribution in [0.5, 0.6) is 0 Å². The molecular formula is C15H15ClFN3O4S. The molecule has 2 aliphatic heterocycles. The Morgan fingerprint density at radius 2 is 2.12 bits per heavy atom.